The monoisotopic (exact) mass is 400 g/mol. The predicted molar refractivity (Wildman–Crippen MR) is 106 cm³/mol. The first-order valence-corrected chi connectivity index (χ1v) is 9.39. The SMILES string of the molecule is CC(OC(=O)C1CC(=O)N(Cc2ccccc2)C1)C(=O)Nc1ccccc1Cl. The van der Waals surface area contributed by atoms with Crippen molar-refractivity contribution in [2.75, 3.05) is 11.9 Å². The summed E-state index contributed by atoms with van der Waals surface area (Å²) in [7, 11) is 0. The Balaban J connectivity index is 1.53. The van der Waals surface area contributed by atoms with Crippen molar-refractivity contribution >= 4 is 35.1 Å². The third-order valence-electron chi connectivity index (χ3n) is 4.56. The van der Waals surface area contributed by atoms with Gasteiger partial charge in [-0.15, -0.1) is 0 Å². The molecule has 0 saturated carbocycles. The molecule has 1 heterocycles. The highest BCUT2D eigenvalue weighted by Gasteiger charge is 2.36. The number of carbonyl (C=O) groups excluding carboxylic acids is 3. The van der Waals surface area contributed by atoms with Crippen LogP contribution in [-0.4, -0.2) is 35.3 Å². The van der Waals surface area contributed by atoms with Crippen molar-refractivity contribution in [1.29, 1.82) is 0 Å². The van der Waals surface area contributed by atoms with Gasteiger partial charge < -0.3 is 15.0 Å². The van der Waals surface area contributed by atoms with E-state index in [1.165, 1.54) is 6.92 Å². The highest BCUT2D eigenvalue weighted by atomic mass is 35.5. The average molecular weight is 401 g/mol. The van der Waals surface area contributed by atoms with Gasteiger partial charge in [-0.05, 0) is 24.6 Å². The Labute approximate surface area is 168 Å². The summed E-state index contributed by atoms with van der Waals surface area (Å²) in [6, 6.07) is 16.4. The minimum atomic E-state index is -0.998. The number of esters is 1. The normalized spacial score (nSPS) is 17.3. The molecule has 0 bridgehead atoms. The van der Waals surface area contributed by atoms with Gasteiger partial charge in [-0.2, -0.15) is 0 Å². The summed E-state index contributed by atoms with van der Waals surface area (Å²) in [6.45, 7) is 2.22. The van der Waals surface area contributed by atoms with Gasteiger partial charge in [-0.1, -0.05) is 54.1 Å². The summed E-state index contributed by atoms with van der Waals surface area (Å²) in [6.07, 6.45) is -0.910. The second kappa shape index (κ2) is 8.89. The zero-order chi connectivity index (χ0) is 20.1. The zero-order valence-electron chi connectivity index (χ0n) is 15.4. The molecule has 146 valence electrons. The van der Waals surface area contributed by atoms with Gasteiger partial charge in [-0.25, -0.2) is 0 Å². The van der Waals surface area contributed by atoms with Crippen LogP contribution in [0.15, 0.2) is 54.6 Å². The zero-order valence-corrected chi connectivity index (χ0v) is 16.2. The van der Waals surface area contributed by atoms with E-state index < -0.39 is 23.9 Å². The molecule has 28 heavy (non-hydrogen) atoms. The Morgan fingerprint density at radius 2 is 1.86 bits per heavy atom. The lowest BCUT2D eigenvalue weighted by molar-refractivity contribution is -0.157. The fraction of sp³-hybridized carbons (Fsp3) is 0.286. The number of hydrogen-bond acceptors (Lipinski definition) is 4. The van der Waals surface area contributed by atoms with Crippen LogP contribution in [0, 0.1) is 5.92 Å². The van der Waals surface area contributed by atoms with E-state index in [9.17, 15) is 14.4 Å². The molecule has 1 N–H and O–H groups in total. The second-order valence-corrected chi connectivity index (χ2v) is 7.12. The Morgan fingerprint density at radius 3 is 2.57 bits per heavy atom. The smallest absolute Gasteiger partial charge is 0.312 e. The molecular formula is C21H21ClN2O4. The van der Waals surface area contributed by atoms with E-state index in [2.05, 4.69) is 5.32 Å². The molecule has 0 aliphatic carbocycles. The van der Waals surface area contributed by atoms with Crippen LogP contribution in [0.3, 0.4) is 0 Å². The molecule has 2 unspecified atom stereocenters. The maximum absolute atomic E-state index is 12.4. The summed E-state index contributed by atoms with van der Waals surface area (Å²) in [5, 5.41) is 3.03. The van der Waals surface area contributed by atoms with Gasteiger partial charge in [0.1, 0.15) is 0 Å². The topological polar surface area (TPSA) is 75.7 Å². The van der Waals surface area contributed by atoms with Crippen molar-refractivity contribution < 1.29 is 19.1 Å². The van der Waals surface area contributed by atoms with Crippen molar-refractivity contribution in [1.82, 2.24) is 4.90 Å². The third kappa shape index (κ3) is 4.89. The molecule has 1 aliphatic rings. The van der Waals surface area contributed by atoms with Gasteiger partial charge in [0.05, 0.1) is 16.6 Å². The summed E-state index contributed by atoms with van der Waals surface area (Å²) in [5.41, 5.74) is 1.44. The van der Waals surface area contributed by atoms with Gasteiger partial charge in [0, 0.05) is 19.5 Å². The van der Waals surface area contributed by atoms with E-state index >= 15 is 0 Å². The number of anilines is 1. The lowest BCUT2D eigenvalue weighted by Gasteiger charge is -2.18. The van der Waals surface area contributed by atoms with E-state index in [1.807, 2.05) is 30.3 Å². The molecule has 1 aliphatic heterocycles. The van der Waals surface area contributed by atoms with Crippen LogP contribution in [0.1, 0.15) is 18.9 Å². The van der Waals surface area contributed by atoms with Gasteiger partial charge in [0.15, 0.2) is 6.10 Å². The number of benzene rings is 2. The standard InChI is InChI=1S/C21H21ClN2O4/c1-14(20(26)23-18-10-6-5-9-17(18)22)28-21(27)16-11-19(25)24(13-16)12-15-7-3-2-4-8-15/h2-10,14,16H,11-13H2,1H3,(H,23,26). The van der Waals surface area contributed by atoms with E-state index in [4.69, 9.17) is 16.3 Å². The van der Waals surface area contributed by atoms with Crippen LogP contribution in [0.2, 0.25) is 5.02 Å². The summed E-state index contributed by atoms with van der Waals surface area (Å²) >= 11 is 6.02. The first kappa shape index (κ1) is 19.9. The van der Waals surface area contributed by atoms with Gasteiger partial charge in [-0.3, -0.25) is 14.4 Å². The number of rotatable bonds is 6. The molecule has 0 radical (unpaired) electrons. The van der Waals surface area contributed by atoms with Crippen LogP contribution >= 0.6 is 11.6 Å². The molecule has 1 saturated heterocycles. The number of carbonyl (C=O) groups is 3. The molecule has 2 amide bonds. The minimum Gasteiger partial charge on any atom is -0.452 e. The average Bonchev–Trinajstić information content (AvgIpc) is 3.05. The van der Waals surface area contributed by atoms with Crippen molar-refractivity contribution in [3.05, 3.63) is 65.2 Å². The molecule has 0 aromatic heterocycles. The molecule has 7 heteroatoms. The number of amides is 2. The molecule has 2 aromatic carbocycles. The number of nitrogens with zero attached hydrogens (tertiary/aromatic N) is 1. The van der Waals surface area contributed by atoms with Gasteiger partial charge >= 0.3 is 5.97 Å². The molecule has 0 spiro atoms. The van der Waals surface area contributed by atoms with E-state index in [-0.39, 0.29) is 18.9 Å². The summed E-state index contributed by atoms with van der Waals surface area (Å²) < 4.78 is 5.28. The fourth-order valence-corrected chi connectivity index (χ4v) is 3.19. The number of para-hydroxylation sites is 1. The molecule has 1 fully saturated rings. The Hall–Kier alpha value is -2.86. The summed E-state index contributed by atoms with van der Waals surface area (Å²) in [5.74, 6) is -1.71. The van der Waals surface area contributed by atoms with Crippen LogP contribution < -0.4 is 5.32 Å². The Bertz CT molecular complexity index is 872. The highest BCUT2D eigenvalue weighted by Crippen LogP contribution is 2.23. The van der Waals surface area contributed by atoms with Gasteiger partial charge in [0.25, 0.3) is 5.91 Å². The first-order chi connectivity index (χ1) is 13.4. The first-order valence-electron chi connectivity index (χ1n) is 9.01. The number of nitrogens with one attached hydrogen (secondary N) is 1. The molecule has 6 nitrogen and oxygen atoms in total. The second-order valence-electron chi connectivity index (χ2n) is 6.71. The predicted octanol–water partition coefficient (Wildman–Crippen LogP) is 3.26. The number of hydrogen-bond donors (Lipinski definition) is 1. The van der Waals surface area contributed by atoms with E-state index in [1.54, 1.807) is 29.2 Å². The number of likely N-dealkylation sites (tertiary alicyclic amines) is 1. The molecule has 2 aromatic rings. The maximum atomic E-state index is 12.4. The number of ether oxygens (including phenoxy) is 1. The van der Waals surface area contributed by atoms with Crippen LogP contribution in [-0.2, 0) is 25.7 Å². The van der Waals surface area contributed by atoms with Crippen molar-refractivity contribution in [2.45, 2.75) is 26.0 Å². The molecular weight excluding hydrogens is 380 g/mol. The van der Waals surface area contributed by atoms with Crippen molar-refractivity contribution in [2.24, 2.45) is 5.92 Å². The van der Waals surface area contributed by atoms with Crippen LogP contribution in [0.4, 0.5) is 5.69 Å². The largest absolute Gasteiger partial charge is 0.452 e. The quantitative estimate of drug-likeness (QED) is 0.755. The minimum absolute atomic E-state index is 0.0878. The lowest BCUT2D eigenvalue weighted by Crippen LogP contribution is -2.33. The van der Waals surface area contributed by atoms with Crippen molar-refractivity contribution in [3.8, 4) is 0 Å². The Morgan fingerprint density at radius 1 is 1.18 bits per heavy atom. The van der Waals surface area contributed by atoms with E-state index in [0.29, 0.717) is 17.3 Å². The molecule has 2 atom stereocenters. The van der Waals surface area contributed by atoms with Crippen molar-refractivity contribution in [3.63, 3.8) is 0 Å². The Kier molecular flexibility index (Phi) is 6.31. The summed E-state index contributed by atoms with van der Waals surface area (Å²) in [4.78, 5) is 38.5. The molecule has 3 rings (SSSR count). The highest BCUT2D eigenvalue weighted by molar-refractivity contribution is 6.33. The number of halogens is 1. The van der Waals surface area contributed by atoms with Crippen LogP contribution in [0.25, 0.3) is 0 Å². The maximum Gasteiger partial charge on any atom is 0.312 e. The third-order valence-corrected chi connectivity index (χ3v) is 4.89. The van der Waals surface area contributed by atoms with E-state index in [0.717, 1.165) is 5.56 Å². The van der Waals surface area contributed by atoms with Gasteiger partial charge in [0.2, 0.25) is 5.91 Å². The van der Waals surface area contributed by atoms with Crippen LogP contribution in [0.5, 0.6) is 0 Å². The fourth-order valence-electron chi connectivity index (χ4n) is 3.01. The lowest BCUT2D eigenvalue weighted by atomic mass is 10.1.